The molecule has 2 unspecified atom stereocenters. The molecule has 2 atom stereocenters. The van der Waals surface area contributed by atoms with Crippen molar-refractivity contribution in [2.75, 3.05) is 13.1 Å². The molecule has 7 heteroatoms. The first-order valence-corrected chi connectivity index (χ1v) is 12.0. The van der Waals surface area contributed by atoms with E-state index in [-0.39, 0.29) is 17.7 Å². The molecule has 0 saturated carbocycles. The molecule has 7 nitrogen and oxygen atoms in total. The van der Waals surface area contributed by atoms with Gasteiger partial charge >= 0.3 is 6.09 Å². The molecule has 3 amide bonds. The Morgan fingerprint density at radius 2 is 1.73 bits per heavy atom. The Hall–Kier alpha value is -2.57. The van der Waals surface area contributed by atoms with E-state index in [0.717, 1.165) is 29.5 Å². The van der Waals surface area contributed by atoms with Gasteiger partial charge in [-0.2, -0.15) is 0 Å². The minimum atomic E-state index is -0.823. The van der Waals surface area contributed by atoms with Gasteiger partial charge in [0, 0.05) is 13.1 Å². The van der Waals surface area contributed by atoms with Gasteiger partial charge in [-0.05, 0) is 70.6 Å². The maximum atomic E-state index is 13.7. The number of carbonyl (C=O) groups excluding carboxylic acids is 3. The third-order valence-corrected chi connectivity index (χ3v) is 5.56. The number of rotatable bonds is 10. The minimum Gasteiger partial charge on any atom is -0.444 e. The van der Waals surface area contributed by atoms with Crippen molar-refractivity contribution in [3.8, 4) is 0 Å². The van der Waals surface area contributed by atoms with Crippen molar-refractivity contribution in [1.29, 1.82) is 0 Å². The summed E-state index contributed by atoms with van der Waals surface area (Å²) in [5.41, 5.74) is 2.13. The number of hydrogen-bond acceptors (Lipinski definition) is 4. The van der Waals surface area contributed by atoms with Crippen LogP contribution in [0.2, 0.25) is 0 Å². The van der Waals surface area contributed by atoms with Crippen LogP contribution in [0.3, 0.4) is 0 Å². The smallest absolute Gasteiger partial charge is 0.408 e. The third-order valence-electron chi connectivity index (χ3n) is 5.56. The number of aryl methyl sites for hydroxylation is 1. The topological polar surface area (TPSA) is 87.7 Å². The lowest BCUT2D eigenvalue weighted by Crippen LogP contribution is -2.55. The van der Waals surface area contributed by atoms with E-state index in [9.17, 15) is 14.4 Å². The highest BCUT2D eigenvalue weighted by molar-refractivity contribution is 5.92. The molecule has 0 radical (unpaired) electrons. The largest absolute Gasteiger partial charge is 0.444 e. The highest BCUT2D eigenvalue weighted by atomic mass is 16.6. The summed E-state index contributed by atoms with van der Waals surface area (Å²) in [6.45, 7) is 17.8. The average molecular weight is 462 g/mol. The Bertz CT molecular complexity index is 814. The Balaban J connectivity index is 3.36. The lowest BCUT2D eigenvalue weighted by Gasteiger charge is -2.35. The fraction of sp³-hybridized carbons (Fsp3) is 0.654. The zero-order valence-corrected chi connectivity index (χ0v) is 21.9. The molecule has 0 aromatic heterocycles. The summed E-state index contributed by atoms with van der Waals surface area (Å²) in [4.78, 5) is 41.1. The molecular formula is C26H43N3O4. The highest BCUT2D eigenvalue weighted by Gasteiger charge is 2.37. The molecule has 0 aliphatic rings. The van der Waals surface area contributed by atoms with Gasteiger partial charge in [0.15, 0.2) is 0 Å². The molecule has 0 saturated heterocycles. The summed E-state index contributed by atoms with van der Waals surface area (Å²) in [6, 6.07) is 4.18. The van der Waals surface area contributed by atoms with Gasteiger partial charge in [-0.15, -0.1) is 0 Å². The summed E-state index contributed by atoms with van der Waals surface area (Å²) in [6.07, 6.45) is 1.17. The predicted octanol–water partition coefficient (Wildman–Crippen LogP) is 4.66. The molecular weight excluding hydrogens is 418 g/mol. The molecule has 0 heterocycles. The number of ether oxygens (including phenoxy) is 1. The second-order valence-electron chi connectivity index (χ2n) is 9.83. The summed E-state index contributed by atoms with van der Waals surface area (Å²) >= 11 is 0. The third kappa shape index (κ3) is 8.37. The standard InChI is InChI=1S/C26H43N3O4/c1-10-12-16-27-23(30)22(20-15-13-14-18(5)19(20)6)29(11-2)24(31)21(17(3)4)28-25(32)33-26(7,8)9/h13-15,17,21-22H,10-12,16H2,1-9H3,(H,27,30)(H,28,32). The van der Waals surface area contributed by atoms with Crippen molar-refractivity contribution >= 4 is 17.9 Å². The van der Waals surface area contributed by atoms with Gasteiger partial charge in [0.05, 0.1) is 0 Å². The van der Waals surface area contributed by atoms with Crippen LogP contribution in [0.5, 0.6) is 0 Å². The number of likely N-dealkylation sites (N-methyl/N-ethyl adjacent to an activating group) is 1. The fourth-order valence-electron chi connectivity index (χ4n) is 3.60. The van der Waals surface area contributed by atoms with Gasteiger partial charge in [0.1, 0.15) is 17.7 Å². The van der Waals surface area contributed by atoms with E-state index in [0.29, 0.717) is 13.1 Å². The normalized spacial score (nSPS) is 13.3. The van der Waals surface area contributed by atoms with E-state index in [1.54, 1.807) is 25.7 Å². The molecule has 2 N–H and O–H groups in total. The quantitative estimate of drug-likeness (QED) is 0.496. The Morgan fingerprint density at radius 3 is 2.24 bits per heavy atom. The summed E-state index contributed by atoms with van der Waals surface area (Å²) in [5, 5.41) is 5.72. The van der Waals surface area contributed by atoms with Gasteiger partial charge < -0.3 is 20.3 Å². The number of unbranched alkanes of at least 4 members (excludes halogenated alkanes) is 1. The molecule has 186 valence electrons. The van der Waals surface area contributed by atoms with Crippen molar-refractivity contribution in [3.63, 3.8) is 0 Å². The van der Waals surface area contributed by atoms with Crippen molar-refractivity contribution in [3.05, 3.63) is 34.9 Å². The van der Waals surface area contributed by atoms with Crippen LogP contribution < -0.4 is 10.6 Å². The zero-order chi connectivity index (χ0) is 25.3. The van der Waals surface area contributed by atoms with Crippen molar-refractivity contribution < 1.29 is 19.1 Å². The van der Waals surface area contributed by atoms with E-state index in [2.05, 4.69) is 17.6 Å². The average Bonchev–Trinajstić information content (AvgIpc) is 2.70. The van der Waals surface area contributed by atoms with Crippen LogP contribution in [0.1, 0.15) is 84.0 Å². The summed E-state index contributed by atoms with van der Waals surface area (Å²) in [7, 11) is 0. The van der Waals surface area contributed by atoms with E-state index in [1.165, 1.54) is 0 Å². The van der Waals surface area contributed by atoms with Gasteiger partial charge in [-0.1, -0.05) is 45.4 Å². The Morgan fingerprint density at radius 1 is 1.09 bits per heavy atom. The van der Waals surface area contributed by atoms with Crippen LogP contribution in [0, 0.1) is 19.8 Å². The molecule has 0 aliphatic carbocycles. The number of alkyl carbamates (subject to hydrolysis) is 1. The number of amides is 3. The van der Waals surface area contributed by atoms with E-state index in [4.69, 9.17) is 4.74 Å². The van der Waals surface area contributed by atoms with Crippen LogP contribution in [-0.2, 0) is 14.3 Å². The van der Waals surface area contributed by atoms with Gasteiger partial charge in [0.2, 0.25) is 11.8 Å². The summed E-state index contributed by atoms with van der Waals surface area (Å²) < 4.78 is 5.37. The summed E-state index contributed by atoms with van der Waals surface area (Å²) in [5.74, 6) is -0.719. The molecule has 1 aromatic rings. The number of benzene rings is 1. The van der Waals surface area contributed by atoms with Crippen molar-refractivity contribution in [1.82, 2.24) is 15.5 Å². The maximum Gasteiger partial charge on any atom is 0.408 e. The second-order valence-corrected chi connectivity index (χ2v) is 9.83. The molecule has 1 aromatic carbocycles. The number of hydrogen-bond donors (Lipinski definition) is 2. The molecule has 33 heavy (non-hydrogen) atoms. The zero-order valence-electron chi connectivity index (χ0n) is 21.9. The number of carbonyl (C=O) groups is 3. The molecule has 0 spiro atoms. The van der Waals surface area contributed by atoms with E-state index < -0.39 is 23.8 Å². The predicted molar refractivity (Wildman–Crippen MR) is 132 cm³/mol. The number of nitrogens with zero attached hydrogens (tertiary/aromatic N) is 1. The fourth-order valence-corrected chi connectivity index (χ4v) is 3.60. The Kier molecular flexibility index (Phi) is 10.9. The van der Waals surface area contributed by atoms with Crippen LogP contribution in [-0.4, -0.2) is 47.5 Å². The van der Waals surface area contributed by atoms with Gasteiger partial charge in [-0.25, -0.2) is 4.79 Å². The van der Waals surface area contributed by atoms with Crippen molar-refractivity contribution in [2.45, 2.75) is 92.8 Å². The molecule has 0 aliphatic heterocycles. The molecule has 0 bridgehead atoms. The van der Waals surface area contributed by atoms with Gasteiger partial charge in [-0.3, -0.25) is 9.59 Å². The SMILES string of the molecule is CCCCNC(=O)C(c1cccc(C)c1C)N(CC)C(=O)C(NC(=O)OC(C)(C)C)C(C)C. The first-order valence-electron chi connectivity index (χ1n) is 12.0. The van der Waals surface area contributed by atoms with Gasteiger partial charge in [0.25, 0.3) is 0 Å². The molecule has 0 fully saturated rings. The lowest BCUT2D eigenvalue weighted by molar-refractivity contribution is -0.143. The van der Waals surface area contributed by atoms with Crippen molar-refractivity contribution in [2.24, 2.45) is 5.92 Å². The lowest BCUT2D eigenvalue weighted by atomic mass is 9.94. The number of nitrogens with one attached hydrogen (secondary N) is 2. The minimum absolute atomic E-state index is 0.193. The highest BCUT2D eigenvalue weighted by Crippen LogP contribution is 2.28. The maximum absolute atomic E-state index is 13.7. The van der Waals surface area contributed by atoms with E-state index >= 15 is 0 Å². The van der Waals surface area contributed by atoms with Crippen LogP contribution in [0.25, 0.3) is 0 Å². The first kappa shape index (κ1) is 28.5. The van der Waals surface area contributed by atoms with Crippen LogP contribution in [0.15, 0.2) is 18.2 Å². The van der Waals surface area contributed by atoms with Crippen LogP contribution in [0.4, 0.5) is 4.79 Å². The monoisotopic (exact) mass is 461 g/mol. The van der Waals surface area contributed by atoms with E-state index in [1.807, 2.05) is 52.8 Å². The van der Waals surface area contributed by atoms with Crippen LogP contribution >= 0.6 is 0 Å². The Labute approximate surface area is 199 Å². The second kappa shape index (κ2) is 12.6. The molecule has 1 rings (SSSR count). The first-order chi connectivity index (χ1) is 15.3.